The van der Waals surface area contributed by atoms with Crippen molar-refractivity contribution in [3.05, 3.63) is 83.9 Å². The summed E-state index contributed by atoms with van der Waals surface area (Å²) >= 11 is 1.13. The molecule has 0 aliphatic heterocycles. The second kappa shape index (κ2) is 10.8. The van der Waals surface area contributed by atoms with Crippen LogP contribution >= 0.6 is 11.3 Å². The number of nitrogens with zero attached hydrogens (tertiary/aromatic N) is 3. The van der Waals surface area contributed by atoms with Gasteiger partial charge in [0.15, 0.2) is 10.9 Å². The first kappa shape index (κ1) is 24.0. The van der Waals surface area contributed by atoms with Crippen molar-refractivity contribution in [2.24, 2.45) is 0 Å². The second-order valence-corrected chi connectivity index (χ2v) is 9.05. The molecule has 0 unspecified atom stereocenters. The number of amides is 1. The molecule has 1 amide bonds. The van der Waals surface area contributed by atoms with Gasteiger partial charge < -0.3 is 4.90 Å². The standard InChI is InChI=1S/C27H27F2N3OS/c1-3-31(4-2)14-15-32(27-30-26-23(29)17-22(28)18-24(26)34-27)25(33)16-19-10-12-21(13-11-19)20-8-6-5-7-9-20/h5-13,17-18H,3-4,14-16H2,1-2H3. The molecule has 0 spiro atoms. The third-order valence-electron chi connectivity index (χ3n) is 5.88. The van der Waals surface area contributed by atoms with Gasteiger partial charge in [-0.3, -0.25) is 9.69 Å². The van der Waals surface area contributed by atoms with E-state index in [-0.39, 0.29) is 17.8 Å². The Bertz CT molecular complexity index is 1250. The average Bonchev–Trinajstić information content (AvgIpc) is 3.27. The van der Waals surface area contributed by atoms with E-state index in [0.29, 0.717) is 22.9 Å². The Balaban J connectivity index is 1.58. The Morgan fingerprint density at radius 3 is 2.26 bits per heavy atom. The molecule has 0 N–H and O–H groups in total. The van der Waals surface area contributed by atoms with Crippen LogP contribution in [0.2, 0.25) is 0 Å². The summed E-state index contributed by atoms with van der Waals surface area (Å²) in [5.41, 5.74) is 3.17. The summed E-state index contributed by atoms with van der Waals surface area (Å²) in [4.78, 5) is 21.6. The van der Waals surface area contributed by atoms with Gasteiger partial charge in [-0.25, -0.2) is 13.8 Å². The second-order valence-electron chi connectivity index (χ2n) is 8.04. The first-order chi connectivity index (χ1) is 16.5. The highest BCUT2D eigenvalue weighted by atomic mass is 32.1. The van der Waals surface area contributed by atoms with Crippen LogP contribution in [0.25, 0.3) is 21.3 Å². The maximum absolute atomic E-state index is 14.3. The Hall–Kier alpha value is -3.16. The molecular formula is C27H27F2N3OS. The third-order valence-corrected chi connectivity index (χ3v) is 6.91. The van der Waals surface area contributed by atoms with Crippen LogP contribution in [0.1, 0.15) is 19.4 Å². The van der Waals surface area contributed by atoms with Crippen LogP contribution in [0.4, 0.5) is 13.9 Å². The smallest absolute Gasteiger partial charge is 0.233 e. The van der Waals surface area contributed by atoms with Crippen molar-refractivity contribution in [2.45, 2.75) is 20.3 Å². The number of anilines is 1. The van der Waals surface area contributed by atoms with E-state index < -0.39 is 11.6 Å². The van der Waals surface area contributed by atoms with Crippen molar-refractivity contribution in [3.8, 4) is 11.1 Å². The fourth-order valence-corrected chi connectivity index (χ4v) is 4.93. The normalized spacial score (nSPS) is 11.3. The van der Waals surface area contributed by atoms with E-state index >= 15 is 0 Å². The first-order valence-electron chi connectivity index (χ1n) is 11.4. The maximum Gasteiger partial charge on any atom is 0.233 e. The SMILES string of the molecule is CCN(CC)CCN(C(=O)Cc1ccc(-c2ccccc2)cc1)c1nc2c(F)cc(F)cc2s1. The molecule has 4 rings (SSSR count). The lowest BCUT2D eigenvalue weighted by molar-refractivity contribution is -0.118. The van der Waals surface area contributed by atoms with Crippen LogP contribution in [0.5, 0.6) is 0 Å². The lowest BCUT2D eigenvalue weighted by atomic mass is 10.0. The predicted molar refractivity (Wildman–Crippen MR) is 135 cm³/mol. The highest BCUT2D eigenvalue weighted by molar-refractivity contribution is 7.22. The van der Waals surface area contributed by atoms with Gasteiger partial charge in [-0.15, -0.1) is 0 Å². The number of thiazole rings is 1. The van der Waals surface area contributed by atoms with Gasteiger partial charge in [-0.2, -0.15) is 0 Å². The summed E-state index contributed by atoms with van der Waals surface area (Å²) in [7, 11) is 0. The van der Waals surface area contributed by atoms with Gasteiger partial charge in [-0.1, -0.05) is 79.8 Å². The quantitative estimate of drug-likeness (QED) is 0.289. The predicted octanol–water partition coefficient (Wildman–Crippen LogP) is 6.16. The topological polar surface area (TPSA) is 36.4 Å². The molecule has 0 saturated carbocycles. The van der Waals surface area contributed by atoms with Gasteiger partial charge in [-0.05, 0) is 35.8 Å². The highest BCUT2D eigenvalue weighted by Crippen LogP contribution is 2.31. The third kappa shape index (κ3) is 5.48. The number of carbonyl (C=O) groups is 1. The minimum atomic E-state index is -0.717. The zero-order valence-electron chi connectivity index (χ0n) is 19.3. The highest BCUT2D eigenvalue weighted by Gasteiger charge is 2.22. The fraction of sp³-hybridized carbons (Fsp3) is 0.259. The van der Waals surface area contributed by atoms with Crippen molar-refractivity contribution in [1.82, 2.24) is 9.88 Å². The lowest BCUT2D eigenvalue weighted by Crippen LogP contribution is -2.39. The number of carbonyl (C=O) groups excluding carboxylic acids is 1. The molecule has 4 nitrogen and oxygen atoms in total. The summed E-state index contributed by atoms with van der Waals surface area (Å²) in [5.74, 6) is -1.50. The first-order valence-corrected chi connectivity index (χ1v) is 12.2. The fourth-order valence-electron chi connectivity index (χ4n) is 3.88. The van der Waals surface area contributed by atoms with Gasteiger partial charge in [0.2, 0.25) is 5.91 Å². The lowest BCUT2D eigenvalue weighted by Gasteiger charge is -2.24. The molecule has 0 bridgehead atoms. The average molecular weight is 480 g/mol. The molecule has 0 atom stereocenters. The van der Waals surface area contributed by atoms with Gasteiger partial charge in [0.1, 0.15) is 11.3 Å². The van der Waals surface area contributed by atoms with Gasteiger partial charge in [0, 0.05) is 19.2 Å². The van der Waals surface area contributed by atoms with Crippen LogP contribution in [-0.4, -0.2) is 42.0 Å². The summed E-state index contributed by atoms with van der Waals surface area (Å²) in [6.45, 7) is 6.95. The largest absolute Gasteiger partial charge is 0.302 e. The zero-order chi connectivity index (χ0) is 24.1. The maximum atomic E-state index is 14.3. The Morgan fingerprint density at radius 2 is 1.59 bits per heavy atom. The molecule has 7 heteroatoms. The van der Waals surface area contributed by atoms with Gasteiger partial charge in [0.05, 0.1) is 11.1 Å². The van der Waals surface area contributed by atoms with Crippen LogP contribution in [0.3, 0.4) is 0 Å². The molecule has 4 aromatic rings. The summed E-state index contributed by atoms with van der Waals surface area (Å²) in [5, 5.41) is 0.387. The van der Waals surface area contributed by atoms with Crippen molar-refractivity contribution in [1.29, 1.82) is 0 Å². The van der Waals surface area contributed by atoms with Crippen molar-refractivity contribution < 1.29 is 13.6 Å². The Morgan fingerprint density at radius 1 is 0.912 bits per heavy atom. The molecular weight excluding hydrogens is 452 g/mol. The molecule has 0 aliphatic rings. The number of fused-ring (bicyclic) bond motifs is 1. The molecule has 34 heavy (non-hydrogen) atoms. The number of halogens is 2. The van der Waals surface area contributed by atoms with E-state index in [1.54, 1.807) is 4.90 Å². The van der Waals surface area contributed by atoms with Crippen molar-refractivity contribution >= 4 is 32.6 Å². The van der Waals surface area contributed by atoms with Gasteiger partial charge >= 0.3 is 0 Å². The summed E-state index contributed by atoms with van der Waals surface area (Å²) in [6.07, 6.45) is 0.195. The minimum Gasteiger partial charge on any atom is -0.302 e. The Labute approximate surface area is 202 Å². The van der Waals surface area contributed by atoms with E-state index in [4.69, 9.17) is 0 Å². The van der Waals surface area contributed by atoms with Crippen LogP contribution in [0, 0.1) is 11.6 Å². The minimum absolute atomic E-state index is 0.0919. The molecule has 176 valence electrons. The van der Waals surface area contributed by atoms with E-state index in [0.717, 1.165) is 47.2 Å². The molecule has 3 aromatic carbocycles. The number of hydrogen-bond acceptors (Lipinski definition) is 4. The number of likely N-dealkylation sites (N-methyl/N-ethyl adjacent to an activating group) is 1. The number of benzene rings is 3. The van der Waals surface area contributed by atoms with E-state index in [2.05, 4.69) is 23.7 Å². The van der Waals surface area contributed by atoms with Crippen LogP contribution < -0.4 is 4.90 Å². The molecule has 1 heterocycles. The summed E-state index contributed by atoms with van der Waals surface area (Å²) in [6, 6.07) is 20.1. The molecule has 0 saturated heterocycles. The molecule has 0 aliphatic carbocycles. The zero-order valence-corrected chi connectivity index (χ0v) is 20.1. The number of rotatable bonds is 9. The molecule has 0 radical (unpaired) electrons. The molecule has 1 aromatic heterocycles. The summed E-state index contributed by atoms with van der Waals surface area (Å²) < 4.78 is 28.4. The van der Waals surface area contributed by atoms with E-state index in [1.807, 2.05) is 54.6 Å². The van der Waals surface area contributed by atoms with E-state index in [1.165, 1.54) is 6.07 Å². The number of aromatic nitrogens is 1. The van der Waals surface area contributed by atoms with Crippen LogP contribution in [-0.2, 0) is 11.2 Å². The number of hydrogen-bond donors (Lipinski definition) is 0. The van der Waals surface area contributed by atoms with Crippen molar-refractivity contribution in [3.63, 3.8) is 0 Å². The van der Waals surface area contributed by atoms with Crippen LogP contribution in [0.15, 0.2) is 66.7 Å². The van der Waals surface area contributed by atoms with Crippen molar-refractivity contribution in [2.75, 3.05) is 31.1 Å². The monoisotopic (exact) mass is 479 g/mol. The van der Waals surface area contributed by atoms with Gasteiger partial charge in [0.25, 0.3) is 0 Å². The molecule has 0 fully saturated rings. The Kier molecular flexibility index (Phi) is 7.65. The van der Waals surface area contributed by atoms with E-state index in [9.17, 15) is 13.6 Å².